The summed E-state index contributed by atoms with van der Waals surface area (Å²) in [5.74, 6) is 1.21. The molecule has 0 unspecified atom stereocenters. The number of anilines is 1. The SMILES string of the molecule is Cc1ccc(-c2cnc(CCC(=O)Nc3nc(C)c(C)s3)o2)cc1C. The number of amides is 1. The molecule has 3 aromatic rings. The van der Waals surface area contributed by atoms with Crippen molar-refractivity contribution in [3.05, 3.63) is 52.0 Å². The lowest BCUT2D eigenvalue weighted by atomic mass is 10.1. The summed E-state index contributed by atoms with van der Waals surface area (Å²) >= 11 is 1.49. The molecular formula is C19H21N3O2S. The number of rotatable bonds is 5. The Bertz CT molecular complexity index is 892. The van der Waals surface area contributed by atoms with Crippen LogP contribution in [0.15, 0.2) is 28.8 Å². The second-order valence-corrected chi connectivity index (χ2v) is 7.33. The van der Waals surface area contributed by atoms with Gasteiger partial charge in [-0.3, -0.25) is 4.79 Å². The number of benzene rings is 1. The van der Waals surface area contributed by atoms with E-state index in [-0.39, 0.29) is 5.91 Å². The van der Waals surface area contributed by atoms with Crippen LogP contribution in [0.4, 0.5) is 5.13 Å². The Hall–Kier alpha value is -2.47. The van der Waals surface area contributed by atoms with Gasteiger partial charge in [0.15, 0.2) is 16.8 Å². The molecule has 1 amide bonds. The molecule has 0 aliphatic heterocycles. The van der Waals surface area contributed by atoms with Crippen molar-refractivity contribution < 1.29 is 9.21 Å². The third-order valence-corrected chi connectivity index (χ3v) is 5.17. The molecule has 2 aromatic heterocycles. The van der Waals surface area contributed by atoms with Crippen LogP contribution in [-0.4, -0.2) is 15.9 Å². The summed E-state index contributed by atoms with van der Waals surface area (Å²) < 4.78 is 5.78. The van der Waals surface area contributed by atoms with Crippen molar-refractivity contribution in [2.45, 2.75) is 40.5 Å². The molecular weight excluding hydrogens is 334 g/mol. The third kappa shape index (κ3) is 4.14. The van der Waals surface area contributed by atoms with Gasteiger partial charge >= 0.3 is 0 Å². The maximum Gasteiger partial charge on any atom is 0.226 e. The first-order valence-corrected chi connectivity index (χ1v) is 9.00. The first-order chi connectivity index (χ1) is 11.9. The molecule has 0 saturated heterocycles. The van der Waals surface area contributed by atoms with Gasteiger partial charge in [0.25, 0.3) is 0 Å². The molecule has 0 atom stereocenters. The van der Waals surface area contributed by atoms with Gasteiger partial charge in [0.05, 0.1) is 11.9 Å². The number of hydrogen-bond acceptors (Lipinski definition) is 5. The minimum absolute atomic E-state index is 0.0836. The van der Waals surface area contributed by atoms with Gasteiger partial charge in [-0.05, 0) is 44.9 Å². The lowest BCUT2D eigenvalue weighted by molar-refractivity contribution is -0.116. The van der Waals surface area contributed by atoms with Crippen molar-refractivity contribution in [3.63, 3.8) is 0 Å². The van der Waals surface area contributed by atoms with Crippen molar-refractivity contribution in [2.24, 2.45) is 0 Å². The van der Waals surface area contributed by atoms with E-state index in [4.69, 9.17) is 4.42 Å². The maximum absolute atomic E-state index is 12.1. The van der Waals surface area contributed by atoms with Crippen LogP contribution in [0.2, 0.25) is 0 Å². The molecule has 0 radical (unpaired) electrons. The molecule has 0 bridgehead atoms. The van der Waals surface area contributed by atoms with Gasteiger partial charge in [-0.15, -0.1) is 11.3 Å². The number of nitrogens with one attached hydrogen (secondary N) is 1. The Labute approximate surface area is 151 Å². The van der Waals surface area contributed by atoms with Crippen LogP contribution in [0.3, 0.4) is 0 Å². The average molecular weight is 355 g/mol. The Kier molecular flexibility index (Phi) is 4.99. The third-order valence-electron chi connectivity index (χ3n) is 4.19. The zero-order chi connectivity index (χ0) is 18.0. The fourth-order valence-corrected chi connectivity index (χ4v) is 3.21. The number of aromatic nitrogens is 2. The largest absolute Gasteiger partial charge is 0.441 e. The summed E-state index contributed by atoms with van der Waals surface area (Å²) in [5.41, 5.74) is 4.41. The van der Waals surface area contributed by atoms with Gasteiger partial charge < -0.3 is 9.73 Å². The topological polar surface area (TPSA) is 68.0 Å². The maximum atomic E-state index is 12.1. The molecule has 0 saturated carbocycles. The Morgan fingerprint density at radius 2 is 2.00 bits per heavy atom. The zero-order valence-electron chi connectivity index (χ0n) is 14.8. The van der Waals surface area contributed by atoms with Crippen LogP contribution in [0, 0.1) is 27.7 Å². The van der Waals surface area contributed by atoms with E-state index >= 15 is 0 Å². The summed E-state index contributed by atoms with van der Waals surface area (Å²) in [5, 5.41) is 3.47. The van der Waals surface area contributed by atoms with Crippen molar-refractivity contribution >= 4 is 22.4 Å². The predicted octanol–water partition coefficient (Wildman–Crippen LogP) is 4.60. The fourth-order valence-electron chi connectivity index (χ4n) is 2.38. The van der Waals surface area contributed by atoms with Crippen LogP contribution < -0.4 is 5.32 Å². The summed E-state index contributed by atoms with van der Waals surface area (Å²) in [6, 6.07) is 6.17. The van der Waals surface area contributed by atoms with E-state index in [9.17, 15) is 4.79 Å². The van der Waals surface area contributed by atoms with Gasteiger partial charge in [-0.25, -0.2) is 9.97 Å². The molecule has 0 fully saturated rings. The molecule has 0 spiro atoms. The number of hydrogen-bond donors (Lipinski definition) is 1. The first-order valence-electron chi connectivity index (χ1n) is 8.18. The molecule has 1 aromatic carbocycles. The van der Waals surface area contributed by atoms with E-state index in [1.165, 1.54) is 22.5 Å². The molecule has 0 aliphatic rings. The van der Waals surface area contributed by atoms with Crippen molar-refractivity contribution in [1.82, 2.24) is 9.97 Å². The van der Waals surface area contributed by atoms with Crippen molar-refractivity contribution in [3.8, 4) is 11.3 Å². The molecule has 5 nitrogen and oxygen atoms in total. The molecule has 130 valence electrons. The monoisotopic (exact) mass is 355 g/mol. The number of carbonyl (C=O) groups is 1. The van der Waals surface area contributed by atoms with E-state index < -0.39 is 0 Å². The summed E-state index contributed by atoms with van der Waals surface area (Å²) in [4.78, 5) is 21.8. The molecule has 3 rings (SSSR count). The Morgan fingerprint density at radius 3 is 2.68 bits per heavy atom. The fraction of sp³-hybridized carbons (Fsp3) is 0.316. The Balaban J connectivity index is 1.59. The van der Waals surface area contributed by atoms with Gasteiger partial charge in [-0.1, -0.05) is 12.1 Å². The van der Waals surface area contributed by atoms with Gasteiger partial charge in [0.1, 0.15) is 0 Å². The van der Waals surface area contributed by atoms with E-state index in [2.05, 4.69) is 41.3 Å². The summed E-state index contributed by atoms with van der Waals surface area (Å²) in [6.07, 6.45) is 2.48. The molecule has 0 aliphatic carbocycles. The average Bonchev–Trinajstić information content (AvgIpc) is 3.15. The van der Waals surface area contributed by atoms with E-state index in [0.717, 1.165) is 21.9 Å². The van der Waals surface area contributed by atoms with Crippen LogP contribution in [-0.2, 0) is 11.2 Å². The summed E-state index contributed by atoms with van der Waals surface area (Å²) in [6.45, 7) is 8.07. The van der Waals surface area contributed by atoms with Crippen LogP contribution in [0.25, 0.3) is 11.3 Å². The van der Waals surface area contributed by atoms with E-state index in [1.807, 2.05) is 19.9 Å². The molecule has 2 heterocycles. The predicted molar refractivity (Wildman–Crippen MR) is 100.0 cm³/mol. The van der Waals surface area contributed by atoms with Gasteiger partial charge in [0, 0.05) is 23.3 Å². The van der Waals surface area contributed by atoms with Crippen molar-refractivity contribution in [1.29, 1.82) is 0 Å². The highest BCUT2D eigenvalue weighted by molar-refractivity contribution is 7.15. The first kappa shape index (κ1) is 17.4. The van der Waals surface area contributed by atoms with Gasteiger partial charge in [0.2, 0.25) is 5.91 Å². The quantitative estimate of drug-likeness (QED) is 0.726. The van der Waals surface area contributed by atoms with Crippen LogP contribution in [0.1, 0.15) is 34.0 Å². The van der Waals surface area contributed by atoms with E-state index in [0.29, 0.717) is 23.9 Å². The van der Waals surface area contributed by atoms with Gasteiger partial charge in [-0.2, -0.15) is 0 Å². The molecule has 25 heavy (non-hydrogen) atoms. The second-order valence-electron chi connectivity index (χ2n) is 6.13. The standard InChI is InChI=1S/C19H21N3O2S/c1-11-5-6-15(9-12(11)2)16-10-20-18(24-16)8-7-17(23)22-19-21-13(3)14(4)25-19/h5-6,9-10H,7-8H2,1-4H3,(H,21,22,23). The lowest BCUT2D eigenvalue weighted by Gasteiger charge is -2.02. The number of nitrogens with zero attached hydrogens (tertiary/aromatic N) is 2. The van der Waals surface area contributed by atoms with Crippen molar-refractivity contribution in [2.75, 3.05) is 5.32 Å². The minimum atomic E-state index is -0.0836. The molecule has 6 heteroatoms. The number of aryl methyl sites for hydroxylation is 5. The van der Waals surface area contributed by atoms with Crippen LogP contribution >= 0.6 is 11.3 Å². The highest BCUT2D eigenvalue weighted by Crippen LogP contribution is 2.24. The smallest absolute Gasteiger partial charge is 0.226 e. The number of carbonyl (C=O) groups excluding carboxylic acids is 1. The number of oxazole rings is 1. The minimum Gasteiger partial charge on any atom is -0.441 e. The van der Waals surface area contributed by atoms with E-state index in [1.54, 1.807) is 6.20 Å². The summed E-state index contributed by atoms with van der Waals surface area (Å²) in [7, 11) is 0. The normalized spacial score (nSPS) is 10.9. The molecule has 1 N–H and O–H groups in total. The second kappa shape index (κ2) is 7.19. The Morgan fingerprint density at radius 1 is 1.20 bits per heavy atom. The lowest BCUT2D eigenvalue weighted by Crippen LogP contribution is -2.12. The zero-order valence-corrected chi connectivity index (χ0v) is 15.7. The number of thiazole rings is 1. The van der Waals surface area contributed by atoms with Crippen LogP contribution in [0.5, 0.6) is 0 Å². The highest BCUT2D eigenvalue weighted by Gasteiger charge is 2.11. The highest BCUT2D eigenvalue weighted by atomic mass is 32.1.